The Bertz CT molecular complexity index is 774. The summed E-state index contributed by atoms with van der Waals surface area (Å²) < 4.78 is 26.5. The van der Waals surface area contributed by atoms with Crippen LogP contribution in [0.4, 0.5) is 8.78 Å². The van der Waals surface area contributed by atoms with Gasteiger partial charge in [0.15, 0.2) is 0 Å². The van der Waals surface area contributed by atoms with Crippen LogP contribution in [-0.2, 0) is 11.2 Å². The largest absolute Gasteiger partial charge is 0.352 e. The summed E-state index contributed by atoms with van der Waals surface area (Å²) in [6.07, 6.45) is 3.88. The Morgan fingerprint density at radius 2 is 1.50 bits per heavy atom. The molecule has 7 heteroatoms. The molecular formula is C21H24F2N2O3. The van der Waals surface area contributed by atoms with E-state index in [1.165, 1.54) is 12.1 Å². The maximum atomic E-state index is 13.2. The summed E-state index contributed by atoms with van der Waals surface area (Å²) in [6, 6.07) is 10.3. The lowest BCUT2D eigenvalue weighted by Gasteiger charge is -2.07. The van der Waals surface area contributed by atoms with Gasteiger partial charge in [-0.25, -0.2) is 14.3 Å². The van der Waals surface area contributed by atoms with Crippen molar-refractivity contribution in [1.82, 2.24) is 10.8 Å². The lowest BCUT2D eigenvalue weighted by molar-refractivity contribution is -0.129. The highest BCUT2D eigenvalue weighted by Crippen LogP contribution is 2.14. The first kappa shape index (κ1) is 21.5. The molecule has 3 N–H and O–H groups in total. The van der Waals surface area contributed by atoms with Crippen LogP contribution >= 0.6 is 0 Å². The summed E-state index contributed by atoms with van der Waals surface area (Å²) in [5.41, 5.74) is 3.50. The summed E-state index contributed by atoms with van der Waals surface area (Å²) in [6.45, 7) is 0.537. The van der Waals surface area contributed by atoms with Gasteiger partial charge in [0.05, 0.1) is 0 Å². The highest BCUT2D eigenvalue weighted by Gasteiger charge is 2.06. The van der Waals surface area contributed by atoms with E-state index in [2.05, 4.69) is 5.32 Å². The molecular weight excluding hydrogens is 366 g/mol. The number of nitrogens with one attached hydrogen (secondary N) is 2. The van der Waals surface area contributed by atoms with Gasteiger partial charge in [0.25, 0.3) is 5.91 Å². The molecule has 0 bridgehead atoms. The van der Waals surface area contributed by atoms with Gasteiger partial charge >= 0.3 is 0 Å². The van der Waals surface area contributed by atoms with Crippen LogP contribution in [0.1, 0.15) is 53.6 Å². The molecule has 0 saturated carbocycles. The highest BCUT2D eigenvalue weighted by atomic mass is 19.1. The van der Waals surface area contributed by atoms with E-state index in [4.69, 9.17) is 5.21 Å². The van der Waals surface area contributed by atoms with Gasteiger partial charge in [-0.05, 0) is 54.7 Å². The minimum Gasteiger partial charge on any atom is -0.352 e. The maximum absolute atomic E-state index is 13.2. The number of carbonyl (C=O) groups is 2. The number of rotatable bonds is 10. The van der Waals surface area contributed by atoms with Crippen LogP contribution in [0.25, 0.3) is 0 Å². The van der Waals surface area contributed by atoms with Crippen molar-refractivity contribution in [3.63, 3.8) is 0 Å². The molecule has 150 valence electrons. The minimum absolute atomic E-state index is 0.178. The number of benzene rings is 2. The standard InChI is InChI=1S/C21H24F2N2O3/c22-18-12-16(13-19(23)14-18)11-15-6-8-17(9-7-15)21(27)24-10-4-2-1-3-5-20(26)25-28/h6-9,12-14,28H,1-5,10-11H2,(H,24,27)(H,25,26). The number of halogens is 2. The Hall–Kier alpha value is -2.80. The average Bonchev–Trinajstić information content (AvgIpc) is 2.66. The van der Waals surface area contributed by atoms with Crippen molar-refractivity contribution in [2.75, 3.05) is 6.54 Å². The molecule has 5 nitrogen and oxygen atoms in total. The lowest BCUT2D eigenvalue weighted by atomic mass is 10.0. The second-order valence-electron chi connectivity index (χ2n) is 6.61. The second-order valence-corrected chi connectivity index (χ2v) is 6.61. The third kappa shape index (κ3) is 7.44. The van der Waals surface area contributed by atoms with Crippen molar-refractivity contribution in [2.45, 2.75) is 38.5 Å². The molecule has 2 aromatic rings. The molecule has 0 fully saturated rings. The molecule has 0 heterocycles. The maximum Gasteiger partial charge on any atom is 0.251 e. The van der Waals surface area contributed by atoms with E-state index >= 15 is 0 Å². The van der Waals surface area contributed by atoms with Crippen molar-refractivity contribution in [3.8, 4) is 0 Å². The average molecular weight is 390 g/mol. The first-order chi connectivity index (χ1) is 13.5. The number of unbranched alkanes of at least 4 members (excludes halogenated alkanes) is 3. The van der Waals surface area contributed by atoms with Crippen LogP contribution in [0, 0.1) is 11.6 Å². The zero-order valence-electron chi connectivity index (χ0n) is 15.5. The fraction of sp³-hybridized carbons (Fsp3) is 0.333. The first-order valence-electron chi connectivity index (χ1n) is 9.23. The Balaban J connectivity index is 1.72. The predicted molar refractivity (Wildman–Crippen MR) is 101 cm³/mol. The number of hydrogen-bond acceptors (Lipinski definition) is 3. The number of amides is 2. The molecule has 0 spiro atoms. The van der Waals surface area contributed by atoms with Crippen LogP contribution < -0.4 is 10.8 Å². The van der Waals surface area contributed by atoms with Crippen molar-refractivity contribution < 1.29 is 23.6 Å². The van der Waals surface area contributed by atoms with E-state index in [0.717, 1.165) is 30.9 Å². The number of carbonyl (C=O) groups excluding carboxylic acids is 2. The molecule has 0 aliphatic heterocycles. The summed E-state index contributed by atoms with van der Waals surface area (Å²) in [5, 5.41) is 11.2. The van der Waals surface area contributed by atoms with Gasteiger partial charge in [-0.3, -0.25) is 14.8 Å². The number of hydroxylamine groups is 1. The Kier molecular flexibility index (Phi) is 8.55. The second kappa shape index (κ2) is 11.1. The van der Waals surface area contributed by atoms with Gasteiger partial charge < -0.3 is 5.32 Å². The zero-order valence-corrected chi connectivity index (χ0v) is 15.5. The summed E-state index contributed by atoms with van der Waals surface area (Å²) in [7, 11) is 0. The molecule has 28 heavy (non-hydrogen) atoms. The fourth-order valence-electron chi connectivity index (χ4n) is 2.85. The quantitative estimate of drug-likeness (QED) is 0.329. The van der Waals surface area contributed by atoms with Gasteiger partial charge in [0, 0.05) is 24.6 Å². The minimum atomic E-state index is -0.609. The smallest absolute Gasteiger partial charge is 0.251 e. The molecule has 0 aliphatic rings. The lowest BCUT2D eigenvalue weighted by Crippen LogP contribution is -2.24. The molecule has 0 radical (unpaired) electrons. The van der Waals surface area contributed by atoms with Crippen LogP contribution in [0.3, 0.4) is 0 Å². The molecule has 2 amide bonds. The highest BCUT2D eigenvalue weighted by molar-refractivity contribution is 5.94. The summed E-state index contributed by atoms with van der Waals surface area (Å²) in [4.78, 5) is 23.0. The van der Waals surface area contributed by atoms with E-state index in [0.29, 0.717) is 30.5 Å². The van der Waals surface area contributed by atoms with Gasteiger partial charge in [-0.1, -0.05) is 25.0 Å². The van der Waals surface area contributed by atoms with Crippen molar-refractivity contribution in [2.24, 2.45) is 0 Å². The molecule has 0 aliphatic carbocycles. The monoisotopic (exact) mass is 390 g/mol. The van der Waals surface area contributed by atoms with Crippen LogP contribution in [0.2, 0.25) is 0 Å². The molecule has 0 saturated heterocycles. The fourth-order valence-corrected chi connectivity index (χ4v) is 2.85. The molecule has 0 unspecified atom stereocenters. The Morgan fingerprint density at radius 3 is 2.14 bits per heavy atom. The predicted octanol–water partition coefficient (Wildman–Crippen LogP) is 3.74. The summed E-state index contributed by atoms with van der Waals surface area (Å²) >= 11 is 0. The van der Waals surface area contributed by atoms with Gasteiger partial charge in [-0.15, -0.1) is 0 Å². The molecule has 2 rings (SSSR count). The molecule has 0 atom stereocenters. The SMILES string of the molecule is O=C(CCCCCCNC(=O)c1ccc(Cc2cc(F)cc(F)c2)cc1)NO. The zero-order chi connectivity index (χ0) is 20.4. The van der Waals surface area contributed by atoms with Crippen molar-refractivity contribution >= 4 is 11.8 Å². The van der Waals surface area contributed by atoms with Crippen molar-refractivity contribution in [3.05, 3.63) is 70.8 Å². The topological polar surface area (TPSA) is 78.4 Å². The van der Waals surface area contributed by atoms with Gasteiger partial charge in [0.1, 0.15) is 11.6 Å². The van der Waals surface area contributed by atoms with E-state index in [-0.39, 0.29) is 18.2 Å². The van der Waals surface area contributed by atoms with E-state index in [1.54, 1.807) is 29.7 Å². The van der Waals surface area contributed by atoms with E-state index in [1.807, 2.05) is 0 Å². The van der Waals surface area contributed by atoms with Gasteiger partial charge in [-0.2, -0.15) is 0 Å². The molecule has 2 aromatic carbocycles. The van der Waals surface area contributed by atoms with E-state index in [9.17, 15) is 18.4 Å². The van der Waals surface area contributed by atoms with E-state index < -0.39 is 11.6 Å². The normalized spacial score (nSPS) is 10.5. The Morgan fingerprint density at radius 1 is 0.857 bits per heavy atom. The van der Waals surface area contributed by atoms with Gasteiger partial charge in [0.2, 0.25) is 5.91 Å². The van der Waals surface area contributed by atoms with Crippen LogP contribution in [-0.4, -0.2) is 23.6 Å². The molecule has 0 aromatic heterocycles. The first-order valence-corrected chi connectivity index (χ1v) is 9.23. The Labute approximate surface area is 162 Å². The summed E-state index contributed by atoms with van der Waals surface area (Å²) in [5.74, 6) is -1.78. The third-order valence-electron chi connectivity index (χ3n) is 4.29. The third-order valence-corrected chi connectivity index (χ3v) is 4.29. The van der Waals surface area contributed by atoms with Crippen LogP contribution in [0.15, 0.2) is 42.5 Å². The van der Waals surface area contributed by atoms with Crippen molar-refractivity contribution in [1.29, 1.82) is 0 Å². The van der Waals surface area contributed by atoms with Crippen LogP contribution in [0.5, 0.6) is 0 Å². The number of hydrogen-bond donors (Lipinski definition) is 3.